The molecule has 0 bridgehead atoms. The Kier molecular flexibility index (Phi) is 4.13. The number of nitrogens with two attached hydrogens (primary N) is 1. The van der Waals surface area contributed by atoms with Gasteiger partial charge in [-0.1, -0.05) is 23.7 Å². The summed E-state index contributed by atoms with van der Waals surface area (Å²) >= 11 is 5.83. The summed E-state index contributed by atoms with van der Waals surface area (Å²) in [6.07, 6.45) is -0.854. The van der Waals surface area contributed by atoms with Crippen molar-refractivity contribution in [3.8, 4) is 5.75 Å². The number of benzene rings is 1. The van der Waals surface area contributed by atoms with Crippen LogP contribution >= 0.6 is 11.6 Å². The Labute approximate surface area is 97.5 Å². The van der Waals surface area contributed by atoms with Crippen LogP contribution in [0.25, 0.3) is 0 Å². The molecule has 1 aromatic rings. The van der Waals surface area contributed by atoms with Gasteiger partial charge < -0.3 is 10.5 Å². The molecule has 0 aliphatic carbocycles. The molecule has 16 heavy (non-hydrogen) atoms. The number of hydrogen-bond donors (Lipinski definition) is 2. The summed E-state index contributed by atoms with van der Waals surface area (Å²) in [5, 5.41) is 2.30. The minimum absolute atomic E-state index is 0.372. The van der Waals surface area contributed by atoms with Crippen LogP contribution in [0, 0.1) is 0 Å². The lowest BCUT2D eigenvalue weighted by Crippen LogP contribution is -2.42. The summed E-state index contributed by atoms with van der Waals surface area (Å²) in [6.45, 7) is 1.49. The highest BCUT2D eigenvalue weighted by molar-refractivity contribution is 6.32. The maximum atomic E-state index is 11.3. The van der Waals surface area contributed by atoms with Gasteiger partial charge in [-0.15, -0.1) is 0 Å². The van der Waals surface area contributed by atoms with Gasteiger partial charge >= 0.3 is 6.03 Å². The van der Waals surface area contributed by atoms with Crippen LogP contribution in [0.3, 0.4) is 0 Å². The monoisotopic (exact) mass is 242 g/mol. The van der Waals surface area contributed by atoms with Gasteiger partial charge in [0.05, 0.1) is 5.02 Å². The first-order valence-electron chi connectivity index (χ1n) is 4.52. The fourth-order valence-electron chi connectivity index (χ4n) is 1.01. The highest BCUT2D eigenvalue weighted by Gasteiger charge is 2.16. The van der Waals surface area contributed by atoms with Crippen molar-refractivity contribution in [2.24, 2.45) is 5.73 Å². The molecule has 0 saturated heterocycles. The summed E-state index contributed by atoms with van der Waals surface area (Å²) in [5.74, 6) is -0.247. The van der Waals surface area contributed by atoms with E-state index in [2.05, 4.69) is 0 Å². The van der Waals surface area contributed by atoms with Crippen molar-refractivity contribution in [2.45, 2.75) is 13.0 Å². The quantitative estimate of drug-likeness (QED) is 0.838. The lowest BCUT2D eigenvalue weighted by atomic mass is 10.3. The number of rotatable bonds is 3. The van der Waals surface area contributed by atoms with Gasteiger partial charge in [-0.25, -0.2) is 4.79 Å². The van der Waals surface area contributed by atoms with Crippen LogP contribution in [0.2, 0.25) is 5.02 Å². The molecule has 1 rings (SSSR count). The number of para-hydroxylation sites is 1. The number of carbonyl (C=O) groups is 2. The number of carbonyl (C=O) groups excluding carboxylic acids is 2. The lowest BCUT2D eigenvalue weighted by molar-refractivity contribution is -0.126. The van der Waals surface area contributed by atoms with Crippen molar-refractivity contribution in [2.75, 3.05) is 0 Å². The highest BCUT2D eigenvalue weighted by atomic mass is 35.5. The predicted molar refractivity (Wildman–Crippen MR) is 59.3 cm³/mol. The van der Waals surface area contributed by atoms with E-state index in [0.717, 1.165) is 0 Å². The zero-order valence-corrected chi connectivity index (χ0v) is 9.32. The topological polar surface area (TPSA) is 81.4 Å². The van der Waals surface area contributed by atoms with E-state index in [1.54, 1.807) is 24.3 Å². The Bertz CT molecular complexity index is 409. The number of primary amides is 1. The summed E-state index contributed by atoms with van der Waals surface area (Å²) in [5.41, 5.74) is 4.80. The van der Waals surface area contributed by atoms with E-state index in [1.807, 2.05) is 5.32 Å². The number of hydrogen-bond acceptors (Lipinski definition) is 3. The van der Waals surface area contributed by atoms with Gasteiger partial charge in [-0.3, -0.25) is 10.1 Å². The first-order valence-corrected chi connectivity index (χ1v) is 4.90. The van der Waals surface area contributed by atoms with Gasteiger partial charge in [0.25, 0.3) is 5.91 Å². The largest absolute Gasteiger partial charge is 0.479 e. The number of ether oxygens (including phenoxy) is 1. The van der Waals surface area contributed by atoms with Crippen LogP contribution in [0.5, 0.6) is 5.75 Å². The fourth-order valence-corrected chi connectivity index (χ4v) is 1.19. The van der Waals surface area contributed by atoms with E-state index >= 15 is 0 Å². The Balaban J connectivity index is 2.64. The summed E-state index contributed by atoms with van der Waals surface area (Å²) in [6, 6.07) is 5.80. The molecule has 0 unspecified atom stereocenters. The molecule has 0 spiro atoms. The van der Waals surface area contributed by atoms with Gasteiger partial charge in [0.15, 0.2) is 6.10 Å². The van der Waals surface area contributed by atoms with Crippen molar-refractivity contribution in [1.29, 1.82) is 0 Å². The van der Waals surface area contributed by atoms with E-state index in [4.69, 9.17) is 22.1 Å². The third-order valence-corrected chi connectivity index (χ3v) is 2.07. The van der Waals surface area contributed by atoms with E-state index in [-0.39, 0.29) is 0 Å². The van der Waals surface area contributed by atoms with Crippen molar-refractivity contribution >= 4 is 23.5 Å². The first-order chi connectivity index (χ1) is 7.50. The smallest absolute Gasteiger partial charge is 0.318 e. The van der Waals surface area contributed by atoms with E-state index in [9.17, 15) is 9.59 Å². The van der Waals surface area contributed by atoms with Crippen molar-refractivity contribution < 1.29 is 14.3 Å². The second-order valence-corrected chi connectivity index (χ2v) is 3.45. The second-order valence-electron chi connectivity index (χ2n) is 3.04. The van der Waals surface area contributed by atoms with Gasteiger partial charge in [0.2, 0.25) is 0 Å². The molecule has 0 fully saturated rings. The zero-order valence-electron chi connectivity index (χ0n) is 8.57. The van der Waals surface area contributed by atoms with E-state index < -0.39 is 18.0 Å². The van der Waals surface area contributed by atoms with Crippen LogP contribution in [0.4, 0.5) is 4.79 Å². The fraction of sp³-hybridized carbons (Fsp3) is 0.200. The van der Waals surface area contributed by atoms with Crippen LogP contribution < -0.4 is 15.8 Å². The Morgan fingerprint density at radius 2 is 2.06 bits per heavy atom. The number of nitrogens with one attached hydrogen (secondary N) is 1. The molecule has 6 heteroatoms. The van der Waals surface area contributed by atoms with Gasteiger partial charge in [0, 0.05) is 0 Å². The molecular formula is C10H11ClN2O3. The molecule has 0 aliphatic rings. The predicted octanol–water partition coefficient (Wildman–Crippen LogP) is 1.30. The third-order valence-electron chi connectivity index (χ3n) is 1.76. The number of urea groups is 1. The molecule has 0 aliphatic heterocycles. The van der Waals surface area contributed by atoms with Gasteiger partial charge in [-0.2, -0.15) is 0 Å². The van der Waals surface area contributed by atoms with Crippen molar-refractivity contribution in [1.82, 2.24) is 5.32 Å². The highest BCUT2D eigenvalue weighted by Crippen LogP contribution is 2.24. The standard InChI is InChI=1S/C10H11ClN2O3/c1-6(9(14)13-10(12)15)16-8-5-3-2-4-7(8)11/h2-6H,1H3,(H3,12,13,14,15)/t6-/m0/s1. The Morgan fingerprint density at radius 3 is 2.62 bits per heavy atom. The van der Waals surface area contributed by atoms with E-state index in [0.29, 0.717) is 10.8 Å². The Morgan fingerprint density at radius 1 is 1.44 bits per heavy atom. The molecule has 0 heterocycles. The molecule has 3 N–H and O–H groups in total. The SMILES string of the molecule is C[C@H](Oc1ccccc1Cl)C(=O)NC(N)=O. The first kappa shape index (κ1) is 12.3. The number of imide groups is 1. The van der Waals surface area contributed by atoms with Crippen LogP contribution in [0.1, 0.15) is 6.92 Å². The lowest BCUT2D eigenvalue weighted by Gasteiger charge is -2.14. The molecule has 1 atom stereocenters. The number of halogens is 1. The average Bonchev–Trinajstić information content (AvgIpc) is 2.20. The molecule has 3 amide bonds. The number of amides is 3. The van der Waals surface area contributed by atoms with Crippen LogP contribution in [-0.2, 0) is 4.79 Å². The van der Waals surface area contributed by atoms with Crippen LogP contribution in [0.15, 0.2) is 24.3 Å². The molecule has 1 aromatic carbocycles. The minimum atomic E-state index is -0.917. The zero-order chi connectivity index (χ0) is 12.1. The van der Waals surface area contributed by atoms with Crippen LogP contribution in [-0.4, -0.2) is 18.0 Å². The molecular weight excluding hydrogens is 232 g/mol. The summed E-state index contributed by atoms with van der Waals surface area (Å²) in [7, 11) is 0. The molecule has 0 saturated carbocycles. The molecule has 5 nitrogen and oxygen atoms in total. The summed E-state index contributed by atoms with van der Waals surface area (Å²) in [4.78, 5) is 21.7. The molecule has 0 aromatic heterocycles. The second kappa shape index (κ2) is 5.37. The minimum Gasteiger partial charge on any atom is -0.479 e. The molecule has 0 radical (unpaired) electrons. The van der Waals surface area contributed by atoms with E-state index in [1.165, 1.54) is 6.92 Å². The molecule has 86 valence electrons. The van der Waals surface area contributed by atoms with Crippen molar-refractivity contribution in [3.05, 3.63) is 29.3 Å². The maximum Gasteiger partial charge on any atom is 0.318 e. The normalized spacial score (nSPS) is 11.6. The van der Waals surface area contributed by atoms with Crippen molar-refractivity contribution in [3.63, 3.8) is 0 Å². The van der Waals surface area contributed by atoms with Gasteiger partial charge in [0.1, 0.15) is 5.75 Å². The average molecular weight is 243 g/mol. The van der Waals surface area contributed by atoms with Gasteiger partial charge in [-0.05, 0) is 19.1 Å². The maximum absolute atomic E-state index is 11.3. The Hall–Kier alpha value is -1.75. The summed E-state index contributed by atoms with van der Waals surface area (Å²) < 4.78 is 5.26. The third kappa shape index (κ3) is 3.43.